The highest BCUT2D eigenvalue weighted by molar-refractivity contribution is 5.99. The number of hydrogen-bond donors (Lipinski definition) is 1. The predicted octanol–water partition coefficient (Wildman–Crippen LogP) is 5.48. The van der Waals surface area contributed by atoms with Gasteiger partial charge in [0.15, 0.2) is 5.78 Å². The first kappa shape index (κ1) is 19.9. The van der Waals surface area contributed by atoms with Crippen molar-refractivity contribution in [3.05, 3.63) is 70.3 Å². The zero-order valence-electron chi connectivity index (χ0n) is 15.9. The van der Waals surface area contributed by atoms with Crippen LogP contribution in [0.3, 0.4) is 0 Å². The maximum absolute atomic E-state index is 12.7. The fraction of sp³-hybridized carbons (Fsp3) is 0.391. The first-order chi connectivity index (χ1) is 12.4. The molecule has 0 amide bonds. The van der Waals surface area contributed by atoms with E-state index in [2.05, 4.69) is 6.92 Å². The molecule has 0 fully saturated rings. The zero-order valence-corrected chi connectivity index (χ0v) is 15.9. The molecule has 1 unspecified atom stereocenters. The molecule has 2 aromatic carbocycles. The summed E-state index contributed by atoms with van der Waals surface area (Å²) >= 11 is 0. The van der Waals surface area contributed by atoms with Crippen LogP contribution in [-0.4, -0.2) is 16.9 Å². The van der Waals surface area contributed by atoms with E-state index in [9.17, 15) is 14.7 Å². The van der Waals surface area contributed by atoms with E-state index < -0.39 is 11.9 Å². The number of carbonyl (C=O) groups is 2. The lowest BCUT2D eigenvalue weighted by molar-refractivity contribution is -0.138. The second-order valence-corrected chi connectivity index (χ2v) is 6.97. The third kappa shape index (κ3) is 5.04. The number of aryl methyl sites for hydroxylation is 3. The van der Waals surface area contributed by atoms with Crippen molar-refractivity contribution in [3.63, 3.8) is 0 Å². The molecule has 0 saturated heterocycles. The smallest absolute Gasteiger partial charge is 0.311 e. The van der Waals surface area contributed by atoms with E-state index in [1.807, 2.05) is 50.2 Å². The van der Waals surface area contributed by atoms with Gasteiger partial charge in [-0.05, 0) is 55.0 Å². The predicted molar refractivity (Wildman–Crippen MR) is 105 cm³/mol. The number of carbonyl (C=O) groups excluding carboxylic acids is 1. The second kappa shape index (κ2) is 9.33. The number of carboxylic acid groups (broad SMARTS) is 1. The standard InChI is InChI=1S/C23H28O3/c1-4-5-6-9-18-10-7-8-11-20(18)21(23(25)26)15-22(24)19-13-12-16(2)17(3)14-19/h7-8,10-14,21H,4-6,9,15H2,1-3H3,(H,25,26). The van der Waals surface area contributed by atoms with Gasteiger partial charge in [0.2, 0.25) is 0 Å². The lowest BCUT2D eigenvalue weighted by Gasteiger charge is -2.17. The second-order valence-electron chi connectivity index (χ2n) is 6.97. The molecule has 138 valence electrons. The Bertz CT molecular complexity index is 777. The molecule has 0 bridgehead atoms. The monoisotopic (exact) mass is 352 g/mol. The van der Waals surface area contributed by atoms with Gasteiger partial charge in [0, 0.05) is 12.0 Å². The van der Waals surface area contributed by atoms with Gasteiger partial charge in [-0.2, -0.15) is 0 Å². The number of Topliss-reactive ketones (excluding diaryl/α,β-unsaturated/α-hetero) is 1. The molecule has 2 rings (SSSR count). The van der Waals surface area contributed by atoms with Crippen LogP contribution in [0.15, 0.2) is 42.5 Å². The van der Waals surface area contributed by atoms with E-state index in [1.54, 1.807) is 6.07 Å². The zero-order chi connectivity index (χ0) is 19.1. The molecular formula is C23H28O3. The van der Waals surface area contributed by atoms with Gasteiger partial charge < -0.3 is 5.11 Å². The molecule has 0 aliphatic rings. The Morgan fingerprint density at radius 1 is 1.00 bits per heavy atom. The maximum Gasteiger partial charge on any atom is 0.311 e. The average Bonchev–Trinajstić information content (AvgIpc) is 2.62. The van der Waals surface area contributed by atoms with Crippen molar-refractivity contribution in [3.8, 4) is 0 Å². The molecule has 1 atom stereocenters. The number of unbranched alkanes of at least 4 members (excludes halogenated alkanes) is 2. The van der Waals surface area contributed by atoms with Crippen molar-refractivity contribution < 1.29 is 14.7 Å². The minimum Gasteiger partial charge on any atom is -0.481 e. The Labute approximate surface area is 156 Å². The Hall–Kier alpha value is -2.42. The summed E-state index contributed by atoms with van der Waals surface area (Å²) in [6.45, 7) is 6.11. The first-order valence-corrected chi connectivity index (χ1v) is 9.35. The summed E-state index contributed by atoms with van der Waals surface area (Å²) in [6.07, 6.45) is 4.11. The molecule has 0 heterocycles. The van der Waals surface area contributed by atoms with Gasteiger partial charge in [-0.25, -0.2) is 0 Å². The van der Waals surface area contributed by atoms with Gasteiger partial charge in [-0.15, -0.1) is 0 Å². The SMILES string of the molecule is CCCCCc1ccccc1C(CC(=O)c1ccc(C)c(C)c1)C(=O)O. The van der Waals surface area contributed by atoms with Crippen molar-refractivity contribution in [2.45, 2.75) is 58.8 Å². The number of benzene rings is 2. The number of rotatable bonds is 9. The van der Waals surface area contributed by atoms with E-state index in [1.165, 1.54) is 0 Å². The fourth-order valence-electron chi connectivity index (χ4n) is 3.22. The van der Waals surface area contributed by atoms with Gasteiger partial charge in [0.05, 0.1) is 5.92 Å². The van der Waals surface area contributed by atoms with Crippen LogP contribution in [0.1, 0.15) is 71.1 Å². The van der Waals surface area contributed by atoms with E-state index >= 15 is 0 Å². The largest absolute Gasteiger partial charge is 0.481 e. The molecule has 0 radical (unpaired) electrons. The van der Waals surface area contributed by atoms with Crippen LogP contribution in [0.25, 0.3) is 0 Å². The summed E-state index contributed by atoms with van der Waals surface area (Å²) in [4.78, 5) is 24.6. The molecule has 0 aromatic heterocycles. The Morgan fingerprint density at radius 3 is 2.38 bits per heavy atom. The van der Waals surface area contributed by atoms with Crippen LogP contribution in [-0.2, 0) is 11.2 Å². The molecule has 1 N–H and O–H groups in total. The Kier molecular flexibility index (Phi) is 7.14. The van der Waals surface area contributed by atoms with Crippen LogP contribution in [0, 0.1) is 13.8 Å². The molecule has 0 saturated carbocycles. The summed E-state index contributed by atoms with van der Waals surface area (Å²) in [5, 5.41) is 9.76. The highest BCUT2D eigenvalue weighted by atomic mass is 16.4. The topological polar surface area (TPSA) is 54.4 Å². The number of carboxylic acids is 1. The number of aliphatic carboxylic acids is 1. The minimum atomic E-state index is -0.940. The van der Waals surface area contributed by atoms with Crippen molar-refractivity contribution in [2.75, 3.05) is 0 Å². The normalized spacial score (nSPS) is 12.0. The van der Waals surface area contributed by atoms with Crippen LogP contribution in [0.2, 0.25) is 0 Å². The molecule has 0 aliphatic heterocycles. The molecule has 0 aliphatic carbocycles. The van der Waals surface area contributed by atoms with Crippen molar-refractivity contribution in [2.24, 2.45) is 0 Å². The molecule has 3 nitrogen and oxygen atoms in total. The molecule has 0 spiro atoms. The van der Waals surface area contributed by atoms with E-state index in [0.29, 0.717) is 5.56 Å². The van der Waals surface area contributed by atoms with E-state index in [0.717, 1.165) is 47.9 Å². The molecular weight excluding hydrogens is 324 g/mol. The number of ketones is 1. The summed E-state index contributed by atoms with van der Waals surface area (Å²) in [7, 11) is 0. The average molecular weight is 352 g/mol. The maximum atomic E-state index is 12.7. The third-order valence-electron chi connectivity index (χ3n) is 5.00. The van der Waals surface area contributed by atoms with E-state index in [-0.39, 0.29) is 12.2 Å². The molecule has 3 heteroatoms. The van der Waals surface area contributed by atoms with Gasteiger partial charge in [-0.3, -0.25) is 9.59 Å². The highest BCUT2D eigenvalue weighted by Gasteiger charge is 2.26. The van der Waals surface area contributed by atoms with Crippen molar-refractivity contribution >= 4 is 11.8 Å². The highest BCUT2D eigenvalue weighted by Crippen LogP contribution is 2.27. The summed E-state index contributed by atoms with van der Waals surface area (Å²) in [5.74, 6) is -1.86. The van der Waals surface area contributed by atoms with Gasteiger partial charge in [-0.1, -0.05) is 56.2 Å². The minimum absolute atomic E-state index is 0.0113. The number of hydrogen-bond acceptors (Lipinski definition) is 2. The summed E-state index contributed by atoms with van der Waals surface area (Å²) < 4.78 is 0. The molecule has 2 aromatic rings. The van der Waals surface area contributed by atoms with Gasteiger partial charge in [0.1, 0.15) is 0 Å². The van der Waals surface area contributed by atoms with Crippen molar-refractivity contribution in [1.29, 1.82) is 0 Å². The Morgan fingerprint density at radius 2 is 1.73 bits per heavy atom. The summed E-state index contributed by atoms with van der Waals surface area (Å²) in [5.41, 5.74) is 4.57. The fourth-order valence-corrected chi connectivity index (χ4v) is 3.22. The van der Waals surface area contributed by atoms with Crippen molar-refractivity contribution in [1.82, 2.24) is 0 Å². The third-order valence-corrected chi connectivity index (χ3v) is 5.00. The van der Waals surface area contributed by atoms with Crippen LogP contribution >= 0.6 is 0 Å². The lowest BCUT2D eigenvalue weighted by Crippen LogP contribution is -2.18. The van der Waals surface area contributed by atoms with E-state index in [4.69, 9.17) is 0 Å². The first-order valence-electron chi connectivity index (χ1n) is 9.35. The van der Waals surface area contributed by atoms with Crippen LogP contribution in [0.5, 0.6) is 0 Å². The lowest BCUT2D eigenvalue weighted by atomic mass is 9.86. The van der Waals surface area contributed by atoms with Crippen LogP contribution in [0.4, 0.5) is 0 Å². The van der Waals surface area contributed by atoms with Gasteiger partial charge >= 0.3 is 5.97 Å². The van der Waals surface area contributed by atoms with Gasteiger partial charge in [0.25, 0.3) is 0 Å². The van der Waals surface area contributed by atoms with Crippen LogP contribution < -0.4 is 0 Å². The Balaban J connectivity index is 2.25. The summed E-state index contributed by atoms with van der Waals surface area (Å²) in [6, 6.07) is 13.2. The molecule has 26 heavy (non-hydrogen) atoms. The quantitative estimate of drug-likeness (QED) is 0.480.